The van der Waals surface area contributed by atoms with Gasteiger partial charge in [-0.05, 0) is 41.9 Å². The number of hydrogen-bond acceptors (Lipinski definition) is 3. The number of halogens is 1. The zero-order valence-electron chi connectivity index (χ0n) is 10.8. The number of amides is 1. The summed E-state index contributed by atoms with van der Waals surface area (Å²) < 4.78 is 0.504. The summed E-state index contributed by atoms with van der Waals surface area (Å²) in [6.45, 7) is 3.43. The van der Waals surface area contributed by atoms with Crippen LogP contribution in [0.2, 0.25) is 0 Å². The highest BCUT2D eigenvalue weighted by Gasteiger charge is 2.19. The van der Waals surface area contributed by atoms with Gasteiger partial charge in [0.25, 0.3) is 5.91 Å². The molecule has 2 aromatic rings. The third-order valence-electron chi connectivity index (χ3n) is 2.84. The summed E-state index contributed by atoms with van der Waals surface area (Å²) in [7, 11) is 0. The van der Waals surface area contributed by atoms with Crippen LogP contribution in [0, 0.1) is 13.8 Å². The van der Waals surface area contributed by atoms with Crippen molar-refractivity contribution in [3.8, 4) is 0 Å². The Hall–Kier alpha value is -2.15. The number of aromatic nitrogens is 2. The van der Waals surface area contributed by atoms with Crippen LogP contribution >= 0.6 is 15.9 Å². The minimum atomic E-state index is -1.11. The van der Waals surface area contributed by atoms with Crippen LogP contribution in [0.4, 0.5) is 5.69 Å². The van der Waals surface area contributed by atoms with Gasteiger partial charge in [0.05, 0.1) is 22.5 Å². The number of para-hydroxylation sites is 1. The average Bonchev–Trinajstić information content (AvgIpc) is 2.71. The number of carboxylic acids is 1. The first kappa shape index (κ1) is 14.3. The Morgan fingerprint density at radius 1 is 1.35 bits per heavy atom. The quantitative estimate of drug-likeness (QED) is 0.802. The summed E-state index contributed by atoms with van der Waals surface area (Å²) in [5, 5.41) is 18.4. The number of aryl methyl sites for hydroxylation is 2. The second-order valence-electron chi connectivity index (χ2n) is 4.23. The number of anilines is 1. The summed E-state index contributed by atoms with van der Waals surface area (Å²) in [4.78, 5) is 23.4. The van der Waals surface area contributed by atoms with Crippen LogP contribution in [-0.4, -0.2) is 27.2 Å². The van der Waals surface area contributed by atoms with Gasteiger partial charge in [-0.25, -0.2) is 4.79 Å². The number of rotatable bonds is 3. The predicted molar refractivity (Wildman–Crippen MR) is 77.1 cm³/mol. The van der Waals surface area contributed by atoms with Crippen molar-refractivity contribution in [1.29, 1.82) is 0 Å². The molecule has 104 valence electrons. The van der Waals surface area contributed by atoms with E-state index in [9.17, 15) is 9.59 Å². The van der Waals surface area contributed by atoms with Gasteiger partial charge in [-0.1, -0.05) is 6.07 Å². The fourth-order valence-corrected chi connectivity index (χ4v) is 2.36. The van der Waals surface area contributed by atoms with Crippen molar-refractivity contribution in [3.05, 3.63) is 45.2 Å². The molecule has 1 heterocycles. The molecule has 7 heteroatoms. The van der Waals surface area contributed by atoms with E-state index in [1.165, 1.54) is 6.07 Å². The topological polar surface area (TPSA) is 95.1 Å². The van der Waals surface area contributed by atoms with E-state index in [4.69, 9.17) is 5.11 Å². The van der Waals surface area contributed by atoms with Crippen LogP contribution in [0.25, 0.3) is 0 Å². The number of aromatic carboxylic acids is 1. The number of carbonyl (C=O) groups is 2. The molecule has 1 amide bonds. The van der Waals surface area contributed by atoms with Crippen LogP contribution in [0.15, 0.2) is 22.7 Å². The maximum atomic E-state index is 12.3. The van der Waals surface area contributed by atoms with Gasteiger partial charge in [-0.2, -0.15) is 5.10 Å². The van der Waals surface area contributed by atoms with Crippen molar-refractivity contribution in [2.45, 2.75) is 13.8 Å². The molecule has 0 bridgehead atoms. The number of carboxylic acid groups (broad SMARTS) is 1. The van der Waals surface area contributed by atoms with E-state index in [-0.39, 0.29) is 11.3 Å². The average molecular weight is 338 g/mol. The fraction of sp³-hybridized carbons (Fsp3) is 0.154. The molecule has 0 saturated carbocycles. The van der Waals surface area contributed by atoms with Gasteiger partial charge in [0.1, 0.15) is 0 Å². The first-order valence-electron chi connectivity index (χ1n) is 5.76. The summed E-state index contributed by atoms with van der Waals surface area (Å²) in [5.74, 6) is -1.51. The molecular weight excluding hydrogens is 326 g/mol. The second kappa shape index (κ2) is 5.46. The minimum Gasteiger partial charge on any atom is -0.478 e. The molecule has 1 aromatic carbocycles. The monoisotopic (exact) mass is 337 g/mol. The molecule has 0 aliphatic carbocycles. The predicted octanol–water partition coefficient (Wildman–Crippen LogP) is 2.74. The van der Waals surface area contributed by atoms with E-state index in [0.29, 0.717) is 21.4 Å². The normalized spacial score (nSPS) is 10.3. The van der Waals surface area contributed by atoms with Crippen molar-refractivity contribution >= 4 is 33.5 Å². The minimum absolute atomic E-state index is 0.0199. The Balaban J connectivity index is 2.40. The third kappa shape index (κ3) is 2.57. The second-order valence-corrected chi connectivity index (χ2v) is 5.09. The summed E-state index contributed by atoms with van der Waals surface area (Å²) in [6, 6.07) is 4.69. The highest BCUT2D eigenvalue weighted by atomic mass is 79.9. The molecule has 0 saturated heterocycles. The zero-order chi connectivity index (χ0) is 14.9. The molecule has 0 aliphatic heterocycles. The Morgan fingerprint density at radius 3 is 2.60 bits per heavy atom. The van der Waals surface area contributed by atoms with Gasteiger partial charge in [-0.3, -0.25) is 9.89 Å². The van der Waals surface area contributed by atoms with Crippen LogP contribution in [0.5, 0.6) is 0 Å². The van der Waals surface area contributed by atoms with Gasteiger partial charge in [0.2, 0.25) is 0 Å². The lowest BCUT2D eigenvalue weighted by Crippen LogP contribution is -2.16. The number of benzene rings is 1. The van der Waals surface area contributed by atoms with Gasteiger partial charge < -0.3 is 10.4 Å². The number of nitrogens with one attached hydrogen (secondary N) is 2. The van der Waals surface area contributed by atoms with E-state index >= 15 is 0 Å². The molecule has 0 atom stereocenters. The number of carbonyl (C=O) groups excluding carboxylic acids is 1. The van der Waals surface area contributed by atoms with Crippen molar-refractivity contribution < 1.29 is 14.7 Å². The van der Waals surface area contributed by atoms with E-state index in [2.05, 4.69) is 31.4 Å². The number of aromatic amines is 1. The molecule has 0 aliphatic rings. The molecule has 6 nitrogen and oxygen atoms in total. The van der Waals surface area contributed by atoms with Crippen LogP contribution in [-0.2, 0) is 0 Å². The smallest absolute Gasteiger partial charge is 0.337 e. The SMILES string of the molecule is Cc1n[nH]c(C)c1C(=O)Nc1c(Br)cccc1C(=O)O. The highest BCUT2D eigenvalue weighted by Crippen LogP contribution is 2.27. The Morgan fingerprint density at radius 2 is 2.05 bits per heavy atom. The lowest BCUT2D eigenvalue weighted by Gasteiger charge is -2.10. The fourth-order valence-electron chi connectivity index (χ4n) is 1.89. The largest absolute Gasteiger partial charge is 0.478 e. The van der Waals surface area contributed by atoms with E-state index in [1.54, 1.807) is 26.0 Å². The van der Waals surface area contributed by atoms with Gasteiger partial charge in [0.15, 0.2) is 0 Å². The summed E-state index contributed by atoms with van der Waals surface area (Å²) >= 11 is 3.24. The Labute approximate surface area is 123 Å². The Kier molecular flexibility index (Phi) is 3.89. The molecule has 0 spiro atoms. The van der Waals surface area contributed by atoms with Gasteiger partial charge in [-0.15, -0.1) is 0 Å². The molecule has 0 radical (unpaired) electrons. The van der Waals surface area contributed by atoms with E-state index in [0.717, 1.165) is 0 Å². The Bertz CT molecular complexity index is 675. The van der Waals surface area contributed by atoms with Crippen molar-refractivity contribution in [2.75, 3.05) is 5.32 Å². The molecule has 1 aromatic heterocycles. The van der Waals surface area contributed by atoms with Crippen molar-refractivity contribution in [3.63, 3.8) is 0 Å². The highest BCUT2D eigenvalue weighted by molar-refractivity contribution is 9.10. The first-order valence-corrected chi connectivity index (χ1v) is 6.56. The number of hydrogen-bond donors (Lipinski definition) is 3. The lowest BCUT2D eigenvalue weighted by atomic mass is 10.1. The third-order valence-corrected chi connectivity index (χ3v) is 3.50. The summed E-state index contributed by atoms with van der Waals surface area (Å²) in [6.07, 6.45) is 0. The lowest BCUT2D eigenvalue weighted by molar-refractivity contribution is 0.0698. The van der Waals surface area contributed by atoms with E-state index < -0.39 is 11.9 Å². The molecular formula is C13H12BrN3O3. The van der Waals surface area contributed by atoms with Crippen molar-refractivity contribution in [1.82, 2.24) is 10.2 Å². The van der Waals surface area contributed by atoms with Gasteiger partial charge >= 0.3 is 5.97 Å². The van der Waals surface area contributed by atoms with Crippen molar-refractivity contribution in [2.24, 2.45) is 0 Å². The molecule has 0 fully saturated rings. The molecule has 2 rings (SSSR count). The maximum Gasteiger partial charge on any atom is 0.337 e. The number of nitrogens with zero attached hydrogens (tertiary/aromatic N) is 1. The van der Waals surface area contributed by atoms with Crippen LogP contribution < -0.4 is 5.32 Å². The van der Waals surface area contributed by atoms with Crippen LogP contribution in [0.3, 0.4) is 0 Å². The molecule has 0 unspecified atom stereocenters. The number of H-pyrrole nitrogens is 1. The molecule has 20 heavy (non-hydrogen) atoms. The standard InChI is InChI=1S/C13H12BrN3O3/c1-6-10(7(2)17-16-6)12(18)15-11-8(13(19)20)4-3-5-9(11)14/h3-5H,1-2H3,(H,15,18)(H,16,17)(H,19,20). The van der Waals surface area contributed by atoms with Crippen LogP contribution in [0.1, 0.15) is 32.1 Å². The molecule has 3 N–H and O–H groups in total. The first-order chi connectivity index (χ1) is 9.41. The van der Waals surface area contributed by atoms with E-state index in [1.807, 2.05) is 0 Å². The summed E-state index contributed by atoms with van der Waals surface area (Å²) in [5.41, 5.74) is 1.85. The maximum absolute atomic E-state index is 12.3. The zero-order valence-corrected chi connectivity index (χ0v) is 12.4. The van der Waals surface area contributed by atoms with Gasteiger partial charge in [0, 0.05) is 10.2 Å².